The van der Waals surface area contributed by atoms with E-state index in [1.165, 1.54) is 0 Å². The number of rotatable bonds is 1. The number of aromatic nitrogens is 1. The molecular formula is C19H15NO2. The third kappa shape index (κ3) is 1.86. The van der Waals surface area contributed by atoms with Crippen molar-refractivity contribution >= 4 is 22.1 Å². The summed E-state index contributed by atoms with van der Waals surface area (Å²) in [6.45, 7) is 3.99. The molecule has 0 unspecified atom stereocenters. The second-order valence-corrected chi connectivity index (χ2v) is 5.60. The van der Waals surface area contributed by atoms with Gasteiger partial charge in [-0.2, -0.15) is 0 Å². The smallest absolute Gasteiger partial charge is 0.227 e. The predicted molar refractivity (Wildman–Crippen MR) is 88.1 cm³/mol. The first-order valence-corrected chi connectivity index (χ1v) is 7.22. The zero-order valence-corrected chi connectivity index (χ0v) is 12.4. The Balaban J connectivity index is 2.17. The summed E-state index contributed by atoms with van der Waals surface area (Å²) < 4.78 is 6.03. The van der Waals surface area contributed by atoms with Crippen LogP contribution < -0.4 is 0 Å². The third-order valence-corrected chi connectivity index (χ3v) is 3.94. The number of benzene rings is 2. The Bertz CT molecular complexity index is 1000. The van der Waals surface area contributed by atoms with E-state index in [1.54, 1.807) is 12.1 Å². The maximum absolute atomic E-state index is 10.1. The zero-order chi connectivity index (χ0) is 15.3. The van der Waals surface area contributed by atoms with Crippen LogP contribution in [0.2, 0.25) is 0 Å². The molecule has 2 aromatic carbocycles. The molecule has 0 aliphatic carbocycles. The van der Waals surface area contributed by atoms with E-state index < -0.39 is 0 Å². The van der Waals surface area contributed by atoms with Crippen LogP contribution in [-0.2, 0) is 0 Å². The predicted octanol–water partition coefficient (Wildman–Crippen LogP) is 4.97. The number of phenolic OH excluding ortho intramolecular Hbond substituents is 1. The van der Waals surface area contributed by atoms with E-state index in [4.69, 9.17) is 4.42 Å². The van der Waals surface area contributed by atoms with Crippen LogP contribution in [0.3, 0.4) is 0 Å². The van der Waals surface area contributed by atoms with Gasteiger partial charge in [0.25, 0.3) is 0 Å². The fourth-order valence-electron chi connectivity index (χ4n) is 3.04. The average Bonchev–Trinajstić information content (AvgIpc) is 2.85. The van der Waals surface area contributed by atoms with E-state index in [9.17, 15) is 5.11 Å². The molecule has 22 heavy (non-hydrogen) atoms. The van der Waals surface area contributed by atoms with Gasteiger partial charge in [-0.1, -0.05) is 30.3 Å². The van der Waals surface area contributed by atoms with E-state index in [2.05, 4.69) is 4.98 Å². The Labute approximate surface area is 127 Å². The first-order valence-electron chi connectivity index (χ1n) is 7.22. The van der Waals surface area contributed by atoms with Crippen molar-refractivity contribution in [2.75, 3.05) is 0 Å². The van der Waals surface area contributed by atoms with Crippen LogP contribution >= 0.6 is 0 Å². The largest absolute Gasteiger partial charge is 0.508 e. The van der Waals surface area contributed by atoms with Crippen molar-refractivity contribution in [2.45, 2.75) is 13.8 Å². The highest BCUT2D eigenvalue weighted by Gasteiger charge is 2.16. The molecule has 0 aliphatic heterocycles. The van der Waals surface area contributed by atoms with Gasteiger partial charge in [0.1, 0.15) is 11.3 Å². The lowest BCUT2D eigenvalue weighted by atomic mass is 10.0. The van der Waals surface area contributed by atoms with E-state index >= 15 is 0 Å². The molecule has 4 aromatic rings. The quantitative estimate of drug-likeness (QED) is 0.538. The number of phenols is 1. The van der Waals surface area contributed by atoms with E-state index in [-0.39, 0.29) is 5.75 Å². The second-order valence-electron chi connectivity index (χ2n) is 5.60. The molecule has 0 saturated carbocycles. The topological polar surface area (TPSA) is 46.3 Å². The van der Waals surface area contributed by atoms with Crippen molar-refractivity contribution in [2.24, 2.45) is 0 Å². The van der Waals surface area contributed by atoms with Crippen LogP contribution in [0.1, 0.15) is 11.3 Å². The number of aryl methyl sites for hydroxylation is 2. The van der Waals surface area contributed by atoms with E-state index in [1.807, 2.05) is 50.2 Å². The molecule has 3 heteroatoms. The Hall–Kier alpha value is -2.81. The van der Waals surface area contributed by atoms with E-state index in [0.29, 0.717) is 5.71 Å². The molecule has 0 spiro atoms. The van der Waals surface area contributed by atoms with Gasteiger partial charge < -0.3 is 9.52 Å². The van der Waals surface area contributed by atoms with Crippen molar-refractivity contribution in [3.63, 3.8) is 0 Å². The summed E-state index contributed by atoms with van der Waals surface area (Å²) in [4.78, 5) is 4.49. The fraction of sp³-hybridized carbons (Fsp3) is 0.105. The summed E-state index contributed by atoms with van der Waals surface area (Å²) in [5.74, 6) is 0.231. The van der Waals surface area contributed by atoms with Gasteiger partial charge in [0.15, 0.2) is 0 Å². The van der Waals surface area contributed by atoms with Crippen LogP contribution in [0.5, 0.6) is 5.75 Å². The maximum atomic E-state index is 10.1. The van der Waals surface area contributed by atoms with Gasteiger partial charge in [-0.25, -0.2) is 4.98 Å². The lowest BCUT2D eigenvalue weighted by Gasteiger charge is -2.03. The lowest BCUT2D eigenvalue weighted by Crippen LogP contribution is -1.83. The molecule has 0 bridgehead atoms. The number of furan rings is 1. The number of aromatic hydroxyl groups is 1. The highest BCUT2D eigenvalue weighted by molar-refractivity contribution is 6.10. The summed E-state index contributed by atoms with van der Waals surface area (Å²) in [5.41, 5.74) is 5.30. The maximum Gasteiger partial charge on any atom is 0.227 e. The summed E-state index contributed by atoms with van der Waals surface area (Å²) in [7, 11) is 0. The molecular weight excluding hydrogens is 274 g/mol. The minimum atomic E-state index is 0.231. The Morgan fingerprint density at radius 1 is 1.00 bits per heavy atom. The minimum absolute atomic E-state index is 0.231. The first-order chi connectivity index (χ1) is 10.6. The fourth-order valence-corrected chi connectivity index (χ4v) is 3.04. The van der Waals surface area contributed by atoms with Crippen molar-refractivity contribution in [3.8, 4) is 16.9 Å². The third-order valence-electron chi connectivity index (χ3n) is 3.94. The normalized spacial score (nSPS) is 11.4. The summed E-state index contributed by atoms with van der Waals surface area (Å²) in [6.07, 6.45) is 0. The molecule has 2 aromatic heterocycles. The highest BCUT2D eigenvalue weighted by Crippen LogP contribution is 2.39. The Morgan fingerprint density at radius 2 is 1.77 bits per heavy atom. The molecule has 0 fully saturated rings. The number of hydrogen-bond donors (Lipinski definition) is 1. The number of nitrogens with zero attached hydrogens (tertiary/aromatic N) is 1. The van der Waals surface area contributed by atoms with Gasteiger partial charge in [0, 0.05) is 16.6 Å². The number of pyridine rings is 1. The molecule has 2 heterocycles. The molecule has 0 aliphatic rings. The average molecular weight is 289 g/mol. The molecule has 1 N–H and O–H groups in total. The van der Waals surface area contributed by atoms with Crippen molar-refractivity contribution in [1.82, 2.24) is 4.98 Å². The Morgan fingerprint density at radius 3 is 2.55 bits per heavy atom. The van der Waals surface area contributed by atoms with Crippen LogP contribution in [0.4, 0.5) is 0 Å². The summed E-state index contributed by atoms with van der Waals surface area (Å²) in [6, 6.07) is 15.4. The number of fused-ring (bicyclic) bond motifs is 3. The number of hydrogen-bond acceptors (Lipinski definition) is 3. The van der Waals surface area contributed by atoms with E-state index in [0.717, 1.165) is 38.7 Å². The van der Waals surface area contributed by atoms with Gasteiger partial charge >= 0.3 is 0 Å². The molecule has 108 valence electrons. The molecule has 4 rings (SSSR count). The lowest BCUT2D eigenvalue weighted by molar-refractivity contribution is 0.476. The van der Waals surface area contributed by atoms with Crippen LogP contribution in [0, 0.1) is 13.8 Å². The van der Waals surface area contributed by atoms with Gasteiger partial charge in [-0.3, -0.25) is 0 Å². The molecule has 0 radical (unpaired) electrons. The van der Waals surface area contributed by atoms with Crippen molar-refractivity contribution in [3.05, 3.63) is 59.8 Å². The standard InChI is InChI=1S/C19H15NO2/c1-11-8-12(2)20-19-17(11)16-10-14(21)9-15(18(16)22-19)13-6-4-3-5-7-13/h3-10,21H,1-2H3. The summed E-state index contributed by atoms with van der Waals surface area (Å²) >= 11 is 0. The van der Waals surface area contributed by atoms with Crippen molar-refractivity contribution in [1.29, 1.82) is 0 Å². The van der Waals surface area contributed by atoms with Gasteiger partial charge in [-0.05, 0) is 43.2 Å². The molecule has 3 nitrogen and oxygen atoms in total. The molecule has 0 saturated heterocycles. The van der Waals surface area contributed by atoms with Gasteiger partial charge in [0.05, 0.1) is 5.39 Å². The van der Waals surface area contributed by atoms with Crippen molar-refractivity contribution < 1.29 is 9.52 Å². The highest BCUT2D eigenvalue weighted by atomic mass is 16.3. The SMILES string of the molecule is Cc1cc(C)c2c(n1)oc1c(-c3ccccc3)cc(O)cc12. The van der Waals surface area contributed by atoms with Crippen LogP contribution in [0.15, 0.2) is 52.9 Å². The minimum Gasteiger partial charge on any atom is -0.508 e. The monoisotopic (exact) mass is 289 g/mol. The summed E-state index contributed by atoms with van der Waals surface area (Å²) in [5, 5.41) is 12.0. The van der Waals surface area contributed by atoms with Crippen LogP contribution in [-0.4, -0.2) is 10.1 Å². The van der Waals surface area contributed by atoms with Crippen LogP contribution in [0.25, 0.3) is 33.2 Å². The van der Waals surface area contributed by atoms with Gasteiger partial charge in [-0.15, -0.1) is 0 Å². The first kappa shape index (κ1) is 12.9. The Kier molecular flexibility index (Phi) is 2.70. The van der Waals surface area contributed by atoms with Gasteiger partial charge in [0.2, 0.25) is 5.71 Å². The second kappa shape index (κ2) is 4.60. The zero-order valence-electron chi connectivity index (χ0n) is 12.4. The molecule has 0 atom stereocenters. The molecule has 0 amide bonds.